The van der Waals surface area contributed by atoms with Crippen molar-refractivity contribution in [2.45, 2.75) is 43.9 Å². The van der Waals surface area contributed by atoms with Crippen LogP contribution in [0.3, 0.4) is 0 Å². The van der Waals surface area contributed by atoms with Gasteiger partial charge in [-0.3, -0.25) is 14.5 Å². The van der Waals surface area contributed by atoms with Gasteiger partial charge >= 0.3 is 0 Å². The number of anilines is 2. The molecule has 1 atom stereocenters. The van der Waals surface area contributed by atoms with Crippen LogP contribution in [0.25, 0.3) is 17.1 Å². The van der Waals surface area contributed by atoms with Crippen LogP contribution in [0, 0.1) is 0 Å². The van der Waals surface area contributed by atoms with Crippen molar-refractivity contribution in [3.8, 4) is 23.0 Å². The van der Waals surface area contributed by atoms with Crippen molar-refractivity contribution in [1.82, 2.24) is 39.4 Å². The normalized spacial score (nSPS) is 19.2. The molecular formula is C25H25F2N9O3. The van der Waals surface area contributed by atoms with Gasteiger partial charge in [0.1, 0.15) is 18.3 Å². The number of likely N-dealkylation sites (tertiary alicyclic amines) is 1. The first-order valence-electron chi connectivity index (χ1n) is 12.4. The summed E-state index contributed by atoms with van der Waals surface area (Å²) >= 11 is 0. The zero-order valence-electron chi connectivity index (χ0n) is 20.9. The van der Waals surface area contributed by atoms with E-state index in [1.165, 1.54) is 23.5 Å². The lowest BCUT2D eigenvalue weighted by Gasteiger charge is -2.21. The molecule has 1 aliphatic carbocycles. The quantitative estimate of drug-likeness (QED) is 0.330. The highest BCUT2D eigenvalue weighted by Crippen LogP contribution is 2.34. The zero-order valence-corrected chi connectivity index (χ0v) is 20.9. The fourth-order valence-corrected chi connectivity index (χ4v) is 4.35. The van der Waals surface area contributed by atoms with Gasteiger partial charge in [0.25, 0.3) is 18.2 Å². The molecule has 0 spiro atoms. The van der Waals surface area contributed by atoms with E-state index >= 15 is 0 Å². The molecule has 6 rings (SSSR count). The van der Waals surface area contributed by atoms with Crippen LogP contribution in [-0.4, -0.2) is 76.5 Å². The van der Waals surface area contributed by atoms with Crippen LogP contribution in [0.4, 0.5) is 20.4 Å². The first-order valence-corrected chi connectivity index (χ1v) is 12.4. The Kier molecular flexibility index (Phi) is 6.17. The number of pyridine rings is 1. The number of nitrogens with one attached hydrogen (secondary N) is 1. The fraction of sp³-hybridized carbons (Fsp3) is 0.360. The number of aliphatic hydroxyl groups is 1. The van der Waals surface area contributed by atoms with Crippen molar-refractivity contribution in [3.05, 3.63) is 54.7 Å². The maximum Gasteiger partial charge on any atom is 0.259 e. The fourth-order valence-electron chi connectivity index (χ4n) is 4.35. The van der Waals surface area contributed by atoms with E-state index in [1.54, 1.807) is 42.3 Å². The number of amides is 1. The maximum absolute atomic E-state index is 12.9. The molecule has 0 bridgehead atoms. The lowest BCUT2D eigenvalue weighted by atomic mass is 9.92. The number of alkyl halides is 2. The first kappa shape index (κ1) is 24.9. The summed E-state index contributed by atoms with van der Waals surface area (Å²) in [6.45, 7) is -0.0997. The molecule has 0 aromatic carbocycles. The molecule has 2 aliphatic rings. The maximum atomic E-state index is 12.9. The third-order valence-electron chi connectivity index (χ3n) is 6.59. The molecule has 1 amide bonds. The summed E-state index contributed by atoms with van der Waals surface area (Å²) in [6, 6.07) is 5.13. The van der Waals surface area contributed by atoms with Gasteiger partial charge in [0.05, 0.1) is 11.9 Å². The second kappa shape index (κ2) is 9.69. The Morgan fingerprint density at radius 1 is 1.26 bits per heavy atom. The van der Waals surface area contributed by atoms with E-state index < -0.39 is 18.6 Å². The molecule has 14 heteroatoms. The number of halogens is 2. The molecule has 4 aromatic rings. The second-order valence-electron chi connectivity index (χ2n) is 9.59. The number of aromatic nitrogens is 7. The number of carbonyl (C=O) groups is 1. The third-order valence-corrected chi connectivity index (χ3v) is 6.59. The molecule has 1 saturated heterocycles. The highest BCUT2D eigenvalue weighted by atomic mass is 19.3. The minimum Gasteiger partial charge on any atom is -0.472 e. The summed E-state index contributed by atoms with van der Waals surface area (Å²) in [5, 5.41) is 22.7. The van der Waals surface area contributed by atoms with Crippen LogP contribution in [0.5, 0.6) is 5.88 Å². The Morgan fingerprint density at radius 2 is 2.10 bits per heavy atom. The smallest absolute Gasteiger partial charge is 0.259 e. The molecule has 2 fully saturated rings. The van der Waals surface area contributed by atoms with Crippen molar-refractivity contribution in [1.29, 1.82) is 0 Å². The van der Waals surface area contributed by atoms with Gasteiger partial charge in [-0.15, -0.1) is 5.10 Å². The first-order chi connectivity index (χ1) is 18.8. The summed E-state index contributed by atoms with van der Waals surface area (Å²) in [5.74, 6) is 0.503. The Bertz CT molecular complexity index is 1520. The lowest BCUT2D eigenvalue weighted by Crippen LogP contribution is -2.36. The van der Waals surface area contributed by atoms with Crippen molar-refractivity contribution in [2.24, 2.45) is 0 Å². The van der Waals surface area contributed by atoms with E-state index in [1.807, 2.05) is 0 Å². The second-order valence-corrected chi connectivity index (χ2v) is 9.59. The van der Waals surface area contributed by atoms with E-state index in [0.717, 1.165) is 17.5 Å². The third kappa shape index (κ3) is 5.02. The minimum atomic E-state index is -2.56. The minimum absolute atomic E-state index is 0.0246. The van der Waals surface area contributed by atoms with Crippen LogP contribution >= 0.6 is 0 Å². The standard InChI is InChI=1S/C25H25F2N9O3/c1-34-9-6-25(38,23(34)37)16-10-15(11-28-12-16)18-5-8-36(32-18)21-4-7-29-24(31-21)30-19-13-35(14-20(26)27)33-22(19)39-17-2-3-17/h4-5,7-8,10-13,17,20,38H,2-3,6,9,14H2,1H3,(H,29,30,31)/t25-/m0/s1. The van der Waals surface area contributed by atoms with Crippen LogP contribution in [0.1, 0.15) is 24.8 Å². The lowest BCUT2D eigenvalue weighted by molar-refractivity contribution is -0.143. The number of rotatable bonds is 9. The van der Waals surface area contributed by atoms with E-state index in [0.29, 0.717) is 34.9 Å². The predicted molar refractivity (Wildman–Crippen MR) is 134 cm³/mol. The molecule has 5 heterocycles. The van der Waals surface area contributed by atoms with Gasteiger partial charge in [0.15, 0.2) is 11.4 Å². The predicted octanol–water partition coefficient (Wildman–Crippen LogP) is 2.52. The largest absolute Gasteiger partial charge is 0.472 e. The van der Waals surface area contributed by atoms with Gasteiger partial charge in [0, 0.05) is 62.0 Å². The monoisotopic (exact) mass is 537 g/mol. The molecule has 4 aromatic heterocycles. The number of likely N-dealkylation sites (N-methyl/N-ethyl adjacent to an activating group) is 1. The molecule has 1 saturated carbocycles. The van der Waals surface area contributed by atoms with Crippen LogP contribution in [0.15, 0.2) is 49.2 Å². The van der Waals surface area contributed by atoms with Crippen LogP contribution < -0.4 is 10.1 Å². The van der Waals surface area contributed by atoms with Crippen LogP contribution in [0.2, 0.25) is 0 Å². The number of hydrogen-bond donors (Lipinski definition) is 2. The summed E-state index contributed by atoms with van der Waals surface area (Å²) in [4.78, 5) is 27.0. The summed E-state index contributed by atoms with van der Waals surface area (Å²) in [5.41, 5.74) is 0.373. The number of carbonyl (C=O) groups excluding carboxylic acids is 1. The Morgan fingerprint density at radius 3 is 2.85 bits per heavy atom. The number of hydrogen-bond acceptors (Lipinski definition) is 9. The summed E-state index contributed by atoms with van der Waals surface area (Å²) in [7, 11) is 1.65. The van der Waals surface area contributed by atoms with Gasteiger partial charge in [-0.1, -0.05) is 0 Å². The Labute approximate surface area is 221 Å². The summed E-state index contributed by atoms with van der Waals surface area (Å²) < 4.78 is 34.2. The van der Waals surface area contributed by atoms with E-state index in [2.05, 4.69) is 30.5 Å². The average molecular weight is 538 g/mol. The molecule has 1 aliphatic heterocycles. The van der Waals surface area contributed by atoms with Crippen molar-refractivity contribution >= 4 is 17.5 Å². The van der Waals surface area contributed by atoms with Gasteiger partial charge in [0.2, 0.25) is 5.95 Å². The molecule has 0 radical (unpaired) electrons. The Balaban J connectivity index is 1.23. The van der Waals surface area contributed by atoms with Crippen LogP contribution in [-0.2, 0) is 16.9 Å². The molecule has 0 unspecified atom stereocenters. The van der Waals surface area contributed by atoms with Gasteiger partial charge in [-0.25, -0.2) is 18.4 Å². The molecular weight excluding hydrogens is 512 g/mol. The highest BCUT2D eigenvalue weighted by Gasteiger charge is 2.45. The van der Waals surface area contributed by atoms with E-state index in [4.69, 9.17) is 4.74 Å². The van der Waals surface area contributed by atoms with E-state index in [9.17, 15) is 18.7 Å². The highest BCUT2D eigenvalue weighted by molar-refractivity contribution is 5.88. The van der Waals surface area contributed by atoms with Gasteiger partial charge < -0.3 is 20.1 Å². The molecule has 39 heavy (non-hydrogen) atoms. The van der Waals surface area contributed by atoms with Gasteiger partial charge in [-0.2, -0.15) is 10.1 Å². The summed E-state index contributed by atoms with van der Waals surface area (Å²) in [6.07, 6.45) is 7.31. The SMILES string of the molecule is CN1CC[C@](O)(c2cncc(-c3ccn(-c4ccnc(Nc5cn(CC(F)F)nc5OC5CC5)n4)n3)c2)C1=O. The van der Waals surface area contributed by atoms with E-state index in [-0.39, 0.29) is 30.3 Å². The number of nitrogens with zero attached hydrogens (tertiary/aromatic N) is 8. The van der Waals surface area contributed by atoms with Crippen molar-refractivity contribution in [3.63, 3.8) is 0 Å². The number of ether oxygens (including phenoxy) is 1. The van der Waals surface area contributed by atoms with Gasteiger partial charge in [-0.05, 0) is 25.0 Å². The zero-order chi connectivity index (χ0) is 27.1. The Hall–Kier alpha value is -4.46. The van der Waals surface area contributed by atoms with Crippen molar-refractivity contribution in [2.75, 3.05) is 18.9 Å². The topological polar surface area (TPSA) is 136 Å². The molecule has 202 valence electrons. The van der Waals surface area contributed by atoms with Crippen molar-refractivity contribution < 1.29 is 23.4 Å². The average Bonchev–Trinajstić information content (AvgIpc) is 3.35. The molecule has 12 nitrogen and oxygen atoms in total. The molecule has 2 N–H and O–H groups in total.